The van der Waals surface area contributed by atoms with E-state index in [-0.39, 0.29) is 0 Å². The van der Waals surface area contributed by atoms with Crippen LogP contribution in [0.1, 0.15) is 12.1 Å². The molecule has 0 saturated heterocycles. The van der Waals surface area contributed by atoms with Crippen molar-refractivity contribution in [2.75, 3.05) is 6.54 Å². The lowest BCUT2D eigenvalue weighted by Crippen LogP contribution is -2.15. The van der Waals surface area contributed by atoms with Gasteiger partial charge in [0.05, 0.1) is 0 Å². The van der Waals surface area contributed by atoms with Crippen molar-refractivity contribution >= 4 is 0 Å². The fourth-order valence-electron chi connectivity index (χ4n) is 1.57. The van der Waals surface area contributed by atoms with E-state index in [1.54, 1.807) is 0 Å². The van der Waals surface area contributed by atoms with Gasteiger partial charge >= 0.3 is 0 Å². The molecule has 0 aliphatic heterocycles. The van der Waals surface area contributed by atoms with Crippen LogP contribution >= 0.6 is 0 Å². The number of aromatic nitrogens is 3. The van der Waals surface area contributed by atoms with Crippen LogP contribution < -0.4 is 5.32 Å². The lowest BCUT2D eigenvalue weighted by molar-refractivity contribution is 0.686. The number of hydrogen-bond donors (Lipinski definition) is 2. The van der Waals surface area contributed by atoms with Crippen molar-refractivity contribution in [3.05, 3.63) is 36.0 Å². The molecule has 4 nitrogen and oxygen atoms in total. The highest BCUT2D eigenvalue weighted by molar-refractivity contribution is 5.60. The minimum atomic E-state index is 0.669. The van der Waals surface area contributed by atoms with Crippen molar-refractivity contribution in [1.29, 1.82) is 0 Å². The highest BCUT2D eigenvalue weighted by Gasteiger charge is 2.08. The highest BCUT2D eigenvalue weighted by atomic mass is 15.3. The van der Waals surface area contributed by atoms with Crippen molar-refractivity contribution in [3.8, 4) is 23.6 Å². The van der Waals surface area contributed by atoms with Crippen LogP contribution in [-0.4, -0.2) is 22.0 Å². The van der Waals surface area contributed by atoms with E-state index < -0.39 is 0 Å². The first kappa shape index (κ1) is 11.4. The van der Waals surface area contributed by atoms with E-state index in [1.165, 1.54) is 0 Å². The van der Waals surface area contributed by atoms with Crippen LogP contribution in [0.4, 0.5) is 0 Å². The van der Waals surface area contributed by atoms with Gasteiger partial charge in [-0.1, -0.05) is 30.3 Å². The molecule has 1 heterocycles. The van der Waals surface area contributed by atoms with Crippen molar-refractivity contribution < 1.29 is 0 Å². The summed E-state index contributed by atoms with van der Waals surface area (Å²) in [7, 11) is 0. The Hall–Kier alpha value is -2.12. The van der Waals surface area contributed by atoms with Gasteiger partial charge in [0.15, 0.2) is 0 Å². The summed E-state index contributed by atoms with van der Waals surface area (Å²) in [6.45, 7) is 1.46. The molecule has 4 heteroatoms. The van der Waals surface area contributed by atoms with Gasteiger partial charge in [-0.2, -0.15) is 15.4 Å². The minimum absolute atomic E-state index is 0.669. The highest BCUT2D eigenvalue weighted by Crippen LogP contribution is 2.18. The smallest absolute Gasteiger partial charge is 0.117 e. The summed E-state index contributed by atoms with van der Waals surface area (Å²) < 4.78 is 0. The van der Waals surface area contributed by atoms with Crippen molar-refractivity contribution in [1.82, 2.24) is 20.7 Å². The summed E-state index contributed by atoms with van der Waals surface area (Å²) >= 11 is 0. The number of aromatic amines is 1. The fourth-order valence-corrected chi connectivity index (χ4v) is 1.57. The molecule has 2 rings (SSSR count). The Morgan fingerprint density at radius 2 is 2.06 bits per heavy atom. The SMILES string of the molecule is C#CCCNCc1n[nH]nc1-c1ccccc1. The third-order valence-corrected chi connectivity index (χ3v) is 2.41. The Labute approximate surface area is 100 Å². The summed E-state index contributed by atoms with van der Waals surface area (Å²) in [5.74, 6) is 2.59. The summed E-state index contributed by atoms with van der Waals surface area (Å²) in [5.41, 5.74) is 2.86. The first-order chi connectivity index (χ1) is 8.42. The molecule has 0 fully saturated rings. The van der Waals surface area contributed by atoms with Crippen LogP contribution in [0.2, 0.25) is 0 Å². The fraction of sp³-hybridized carbons (Fsp3) is 0.231. The topological polar surface area (TPSA) is 53.6 Å². The van der Waals surface area contributed by atoms with Gasteiger partial charge in [-0.25, -0.2) is 0 Å². The Morgan fingerprint density at radius 3 is 2.82 bits per heavy atom. The number of benzene rings is 1. The van der Waals surface area contributed by atoms with Gasteiger partial charge in [0, 0.05) is 25.1 Å². The van der Waals surface area contributed by atoms with Gasteiger partial charge in [0.2, 0.25) is 0 Å². The summed E-state index contributed by atoms with van der Waals surface area (Å²) in [6, 6.07) is 9.99. The molecule has 0 aliphatic carbocycles. The zero-order chi connectivity index (χ0) is 11.9. The van der Waals surface area contributed by atoms with E-state index in [0.717, 1.165) is 29.9 Å². The van der Waals surface area contributed by atoms with E-state index in [0.29, 0.717) is 6.54 Å². The molecule has 0 spiro atoms. The lowest BCUT2D eigenvalue weighted by Gasteiger charge is -2.01. The van der Waals surface area contributed by atoms with Crippen LogP contribution in [0.3, 0.4) is 0 Å². The Morgan fingerprint density at radius 1 is 1.24 bits per heavy atom. The molecule has 0 bridgehead atoms. The van der Waals surface area contributed by atoms with E-state index >= 15 is 0 Å². The zero-order valence-electron chi connectivity index (χ0n) is 9.48. The summed E-state index contributed by atoms with van der Waals surface area (Å²) in [4.78, 5) is 0. The molecule has 0 radical (unpaired) electrons. The third kappa shape index (κ3) is 2.92. The predicted octanol–water partition coefficient (Wildman–Crippen LogP) is 1.58. The normalized spacial score (nSPS) is 10.1. The molecule has 0 aliphatic rings. The van der Waals surface area contributed by atoms with Gasteiger partial charge < -0.3 is 5.32 Å². The molecule has 2 N–H and O–H groups in total. The molecular weight excluding hydrogens is 212 g/mol. The summed E-state index contributed by atoms with van der Waals surface area (Å²) in [5, 5.41) is 14.2. The van der Waals surface area contributed by atoms with Gasteiger partial charge in [-0.15, -0.1) is 12.3 Å². The quantitative estimate of drug-likeness (QED) is 0.601. The van der Waals surface area contributed by atoms with E-state index in [9.17, 15) is 0 Å². The first-order valence-electron chi connectivity index (χ1n) is 5.51. The van der Waals surface area contributed by atoms with Crippen LogP contribution in [0.5, 0.6) is 0 Å². The number of nitrogens with one attached hydrogen (secondary N) is 2. The molecule has 2 aromatic rings. The van der Waals surface area contributed by atoms with Crippen molar-refractivity contribution in [3.63, 3.8) is 0 Å². The number of hydrogen-bond acceptors (Lipinski definition) is 3. The van der Waals surface area contributed by atoms with Crippen LogP contribution in [0.25, 0.3) is 11.3 Å². The molecule has 86 valence electrons. The Balaban J connectivity index is 2.05. The number of terminal acetylenes is 1. The second kappa shape index (κ2) is 5.83. The largest absolute Gasteiger partial charge is 0.310 e. The molecular formula is C13H14N4. The van der Waals surface area contributed by atoms with Gasteiger partial charge in [0.25, 0.3) is 0 Å². The summed E-state index contributed by atoms with van der Waals surface area (Å²) in [6.07, 6.45) is 5.91. The monoisotopic (exact) mass is 226 g/mol. The molecule has 1 aromatic carbocycles. The first-order valence-corrected chi connectivity index (χ1v) is 5.51. The van der Waals surface area contributed by atoms with E-state index in [1.807, 2.05) is 30.3 Å². The second-order valence-corrected chi connectivity index (χ2v) is 3.62. The maximum Gasteiger partial charge on any atom is 0.117 e. The van der Waals surface area contributed by atoms with E-state index in [4.69, 9.17) is 6.42 Å². The third-order valence-electron chi connectivity index (χ3n) is 2.41. The Bertz CT molecular complexity index is 496. The van der Waals surface area contributed by atoms with Crippen molar-refractivity contribution in [2.24, 2.45) is 0 Å². The van der Waals surface area contributed by atoms with Crippen molar-refractivity contribution in [2.45, 2.75) is 13.0 Å². The molecule has 0 amide bonds. The second-order valence-electron chi connectivity index (χ2n) is 3.62. The number of nitrogens with zero attached hydrogens (tertiary/aromatic N) is 2. The van der Waals surface area contributed by atoms with Crippen LogP contribution in [-0.2, 0) is 6.54 Å². The average Bonchev–Trinajstić information content (AvgIpc) is 2.84. The maximum atomic E-state index is 5.18. The van der Waals surface area contributed by atoms with Gasteiger partial charge in [0.1, 0.15) is 11.4 Å². The molecule has 17 heavy (non-hydrogen) atoms. The molecule has 0 saturated carbocycles. The number of rotatable bonds is 5. The molecule has 0 unspecified atom stereocenters. The van der Waals surface area contributed by atoms with Gasteiger partial charge in [-0.3, -0.25) is 0 Å². The number of H-pyrrole nitrogens is 1. The predicted molar refractivity (Wildman–Crippen MR) is 67.0 cm³/mol. The standard InChI is InChI=1S/C13H14N4/c1-2-3-9-14-10-12-13(16-17-15-12)11-7-5-4-6-8-11/h1,4-8,14H,3,9-10H2,(H,15,16,17). The molecule has 0 atom stereocenters. The van der Waals surface area contributed by atoms with E-state index in [2.05, 4.69) is 26.6 Å². The molecule has 1 aromatic heterocycles. The van der Waals surface area contributed by atoms with Crippen LogP contribution in [0.15, 0.2) is 30.3 Å². The zero-order valence-corrected chi connectivity index (χ0v) is 9.48. The maximum absolute atomic E-state index is 5.18. The van der Waals surface area contributed by atoms with Gasteiger partial charge in [-0.05, 0) is 0 Å². The lowest BCUT2D eigenvalue weighted by atomic mass is 10.1. The minimum Gasteiger partial charge on any atom is -0.310 e. The van der Waals surface area contributed by atoms with Crippen LogP contribution in [0, 0.1) is 12.3 Å². The average molecular weight is 226 g/mol. The Kier molecular flexibility index (Phi) is 3.90.